The maximum absolute atomic E-state index is 12.7. The molecule has 4 rings (SSSR count). The van der Waals surface area contributed by atoms with Crippen LogP contribution in [0.15, 0.2) is 84.0 Å². The Morgan fingerprint density at radius 3 is 2.51 bits per heavy atom. The molecular weight excluding hydrogens is 440 g/mol. The number of nitrogens with one attached hydrogen (secondary N) is 1. The summed E-state index contributed by atoms with van der Waals surface area (Å²) in [4.78, 5) is 25.0. The first kappa shape index (κ1) is 23.7. The van der Waals surface area contributed by atoms with Crippen molar-refractivity contribution in [2.75, 3.05) is 6.61 Å². The van der Waals surface area contributed by atoms with E-state index in [0.29, 0.717) is 22.6 Å². The van der Waals surface area contributed by atoms with Gasteiger partial charge in [-0.3, -0.25) is 4.79 Å². The Balaban J connectivity index is 1.50. The fourth-order valence-electron chi connectivity index (χ4n) is 3.58. The third-order valence-corrected chi connectivity index (χ3v) is 5.62. The van der Waals surface area contributed by atoms with Gasteiger partial charge in [-0.15, -0.1) is 0 Å². The van der Waals surface area contributed by atoms with Crippen LogP contribution < -0.4 is 14.9 Å². The lowest BCUT2D eigenvalue weighted by atomic mass is 10.0. The van der Waals surface area contributed by atoms with E-state index in [1.807, 2.05) is 81.4 Å². The van der Waals surface area contributed by atoms with Crippen LogP contribution in [-0.4, -0.2) is 24.7 Å². The Bertz CT molecular complexity index is 1430. The van der Waals surface area contributed by atoms with Crippen molar-refractivity contribution in [2.45, 2.75) is 20.8 Å². The van der Waals surface area contributed by atoms with Crippen LogP contribution >= 0.6 is 0 Å². The van der Waals surface area contributed by atoms with E-state index in [-0.39, 0.29) is 6.61 Å². The zero-order chi connectivity index (χ0) is 24.8. The normalized spacial score (nSPS) is 10.9. The summed E-state index contributed by atoms with van der Waals surface area (Å²) in [6, 6.07) is 24.1. The van der Waals surface area contributed by atoms with Crippen LogP contribution in [0.1, 0.15) is 32.6 Å². The number of carbonyl (C=O) groups is 2. The molecule has 0 bridgehead atoms. The molecule has 0 aliphatic rings. The van der Waals surface area contributed by atoms with Gasteiger partial charge in [-0.1, -0.05) is 54.1 Å². The number of nitrogens with zero attached hydrogens (tertiary/aromatic N) is 1. The van der Waals surface area contributed by atoms with Crippen molar-refractivity contribution in [3.05, 3.63) is 107 Å². The summed E-state index contributed by atoms with van der Waals surface area (Å²) in [5.41, 5.74) is 6.72. The van der Waals surface area contributed by atoms with Crippen molar-refractivity contribution in [1.82, 2.24) is 5.43 Å². The number of esters is 1. The number of carbonyl (C=O) groups excluding carboxylic acids is 2. The Morgan fingerprint density at radius 1 is 0.886 bits per heavy atom. The molecule has 0 aliphatic carbocycles. The van der Waals surface area contributed by atoms with Crippen molar-refractivity contribution in [2.24, 2.45) is 5.10 Å². The topological polar surface area (TPSA) is 77.0 Å². The van der Waals surface area contributed by atoms with Crippen molar-refractivity contribution in [3.63, 3.8) is 0 Å². The van der Waals surface area contributed by atoms with Gasteiger partial charge in [0.05, 0.1) is 11.8 Å². The predicted octanol–water partition coefficient (Wildman–Crippen LogP) is 5.51. The Morgan fingerprint density at radius 2 is 1.71 bits per heavy atom. The number of aryl methyl sites for hydroxylation is 3. The minimum Gasteiger partial charge on any atom is -0.484 e. The minimum atomic E-state index is -0.468. The zero-order valence-corrected chi connectivity index (χ0v) is 19.9. The number of hydrogen-bond donors (Lipinski definition) is 1. The van der Waals surface area contributed by atoms with E-state index in [4.69, 9.17) is 9.47 Å². The van der Waals surface area contributed by atoms with Crippen LogP contribution in [0.2, 0.25) is 0 Å². The molecule has 176 valence electrons. The van der Waals surface area contributed by atoms with Crippen LogP contribution in [0.3, 0.4) is 0 Å². The molecule has 6 nitrogen and oxygen atoms in total. The summed E-state index contributed by atoms with van der Waals surface area (Å²) in [5.74, 6) is 0.0914. The summed E-state index contributed by atoms with van der Waals surface area (Å²) in [6.07, 6.45) is 1.48. The van der Waals surface area contributed by atoms with Crippen LogP contribution in [0.25, 0.3) is 10.8 Å². The number of hydrazone groups is 1. The van der Waals surface area contributed by atoms with E-state index in [0.717, 1.165) is 27.5 Å². The van der Waals surface area contributed by atoms with Gasteiger partial charge in [0, 0.05) is 5.56 Å². The van der Waals surface area contributed by atoms with Crippen molar-refractivity contribution in [1.29, 1.82) is 0 Å². The van der Waals surface area contributed by atoms with Gasteiger partial charge >= 0.3 is 5.97 Å². The predicted molar refractivity (Wildman–Crippen MR) is 137 cm³/mol. The largest absolute Gasteiger partial charge is 0.484 e. The Kier molecular flexibility index (Phi) is 7.21. The summed E-state index contributed by atoms with van der Waals surface area (Å²) < 4.78 is 11.3. The molecule has 0 atom stereocenters. The molecule has 4 aromatic rings. The minimum absolute atomic E-state index is 0.176. The summed E-state index contributed by atoms with van der Waals surface area (Å²) in [6.45, 7) is 5.74. The van der Waals surface area contributed by atoms with E-state index in [1.165, 1.54) is 6.21 Å². The molecule has 35 heavy (non-hydrogen) atoms. The van der Waals surface area contributed by atoms with Crippen LogP contribution in [0.4, 0.5) is 0 Å². The Labute approximate surface area is 204 Å². The monoisotopic (exact) mass is 466 g/mol. The quantitative estimate of drug-likeness (QED) is 0.169. The average molecular weight is 467 g/mol. The van der Waals surface area contributed by atoms with Crippen LogP contribution in [0, 0.1) is 20.8 Å². The number of fused-ring (bicyclic) bond motifs is 1. The van der Waals surface area contributed by atoms with Gasteiger partial charge in [0.1, 0.15) is 11.5 Å². The van der Waals surface area contributed by atoms with Gasteiger partial charge in [0.15, 0.2) is 6.61 Å². The highest BCUT2D eigenvalue weighted by atomic mass is 16.5. The average Bonchev–Trinajstić information content (AvgIpc) is 2.85. The SMILES string of the molecule is Cc1cccc(C(=O)Oc2ccc3ccccc3c2/C=N/NC(=O)COc2ccc(C)c(C)c2)c1. The maximum Gasteiger partial charge on any atom is 0.343 e. The third kappa shape index (κ3) is 5.92. The fraction of sp³-hybridized carbons (Fsp3) is 0.138. The molecule has 0 aliphatic heterocycles. The molecular formula is C29H26N2O4. The molecule has 0 fully saturated rings. The summed E-state index contributed by atoms with van der Waals surface area (Å²) in [5, 5.41) is 5.89. The number of ether oxygens (including phenoxy) is 2. The first-order chi connectivity index (χ1) is 16.9. The summed E-state index contributed by atoms with van der Waals surface area (Å²) >= 11 is 0. The smallest absolute Gasteiger partial charge is 0.343 e. The molecule has 1 N–H and O–H groups in total. The van der Waals surface area contributed by atoms with Gasteiger partial charge in [-0.2, -0.15) is 5.10 Å². The number of amides is 1. The molecule has 6 heteroatoms. The van der Waals surface area contributed by atoms with Crippen molar-refractivity contribution >= 4 is 28.9 Å². The highest BCUT2D eigenvalue weighted by Crippen LogP contribution is 2.27. The molecule has 0 saturated heterocycles. The fourth-order valence-corrected chi connectivity index (χ4v) is 3.58. The molecule has 0 saturated carbocycles. The second-order valence-corrected chi connectivity index (χ2v) is 8.29. The van der Waals surface area contributed by atoms with Gasteiger partial charge in [0.2, 0.25) is 0 Å². The second-order valence-electron chi connectivity index (χ2n) is 8.29. The van der Waals surface area contributed by atoms with Gasteiger partial charge in [-0.25, -0.2) is 10.2 Å². The molecule has 4 aromatic carbocycles. The lowest BCUT2D eigenvalue weighted by Gasteiger charge is -2.11. The van der Waals surface area contributed by atoms with Crippen molar-refractivity contribution in [3.8, 4) is 11.5 Å². The highest BCUT2D eigenvalue weighted by Gasteiger charge is 2.14. The van der Waals surface area contributed by atoms with Crippen molar-refractivity contribution < 1.29 is 19.1 Å². The third-order valence-electron chi connectivity index (χ3n) is 5.62. The highest BCUT2D eigenvalue weighted by molar-refractivity contribution is 6.04. The number of hydrogen-bond acceptors (Lipinski definition) is 5. The van der Waals surface area contributed by atoms with E-state index < -0.39 is 11.9 Å². The molecule has 0 heterocycles. The molecule has 0 unspecified atom stereocenters. The van der Waals surface area contributed by atoms with E-state index in [2.05, 4.69) is 10.5 Å². The van der Waals surface area contributed by atoms with Crippen LogP contribution in [0.5, 0.6) is 11.5 Å². The van der Waals surface area contributed by atoms with Crippen LogP contribution in [-0.2, 0) is 4.79 Å². The van der Waals surface area contributed by atoms with E-state index in [9.17, 15) is 9.59 Å². The standard InChI is InChI=1S/C29H26N2O4/c1-19-7-6-9-23(15-19)29(33)35-27-14-12-22-8-4-5-10-25(22)26(27)17-30-31-28(32)18-34-24-13-11-20(2)21(3)16-24/h4-17H,18H2,1-3H3,(H,31,32)/b30-17+. The van der Waals surface area contributed by atoms with E-state index in [1.54, 1.807) is 18.2 Å². The molecule has 0 radical (unpaired) electrons. The summed E-state index contributed by atoms with van der Waals surface area (Å²) in [7, 11) is 0. The lowest BCUT2D eigenvalue weighted by molar-refractivity contribution is -0.123. The number of benzene rings is 4. The first-order valence-electron chi connectivity index (χ1n) is 11.2. The molecule has 0 aromatic heterocycles. The first-order valence-corrected chi connectivity index (χ1v) is 11.2. The molecule has 1 amide bonds. The van der Waals surface area contributed by atoms with E-state index >= 15 is 0 Å². The maximum atomic E-state index is 12.7. The van der Waals surface area contributed by atoms with Gasteiger partial charge in [-0.05, 0) is 73.0 Å². The lowest BCUT2D eigenvalue weighted by Crippen LogP contribution is -2.24. The van der Waals surface area contributed by atoms with Gasteiger partial charge < -0.3 is 9.47 Å². The Hall–Kier alpha value is -4.45. The molecule has 0 spiro atoms. The second kappa shape index (κ2) is 10.7. The zero-order valence-electron chi connectivity index (χ0n) is 19.9. The van der Waals surface area contributed by atoms with Gasteiger partial charge in [0.25, 0.3) is 5.91 Å². The number of rotatable bonds is 7.